The molecule has 2 aromatic rings. The molecule has 2 atom stereocenters. The molecule has 0 saturated carbocycles. The fraction of sp³-hybridized carbons (Fsp3) is 0.294. The second-order valence-electron chi connectivity index (χ2n) is 5.30. The number of aliphatic hydroxyl groups excluding tert-OH is 1. The Bertz CT molecular complexity index is 637. The molecule has 3 rings (SSSR count). The number of halogens is 1. The number of aliphatic hydroxyl groups is 1. The Morgan fingerprint density at radius 2 is 2.05 bits per heavy atom. The van der Waals surface area contributed by atoms with Gasteiger partial charge in [0, 0.05) is 45.5 Å². The van der Waals surface area contributed by atoms with E-state index in [2.05, 4.69) is 35.7 Å². The summed E-state index contributed by atoms with van der Waals surface area (Å²) in [7, 11) is 0. The normalized spacial score (nSPS) is 21.0. The maximum atomic E-state index is 9.13. The smallest absolute Gasteiger partial charge is 0.0494 e. The van der Waals surface area contributed by atoms with Gasteiger partial charge >= 0.3 is 0 Å². The molecular formula is C17H18ClNOS. The van der Waals surface area contributed by atoms with Crippen LogP contribution in [0, 0.1) is 5.92 Å². The Morgan fingerprint density at radius 3 is 2.81 bits per heavy atom. The zero-order valence-corrected chi connectivity index (χ0v) is 13.2. The summed E-state index contributed by atoms with van der Waals surface area (Å²) in [5.74, 6) is 0.310. The van der Waals surface area contributed by atoms with E-state index >= 15 is 0 Å². The first-order chi connectivity index (χ1) is 10.3. The quantitative estimate of drug-likeness (QED) is 0.813. The van der Waals surface area contributed by atoms with Crippen molar-refractivity contribution >= 4 is 22.9 Å². The fourth-order valence-electron chi connectivity index (χ4n) is 2.57. The van der Waals surface area contributed by atoms with Gasteiger partial charge in [-0.3, -0.25) is 0 Å². The van der Waals surface area contributed by atoms with Crippen molar-refractivity contribution in [2.45, 2.75) is 19.0 Å². The molecule has 1 aliphatic carbocycles. The first-order valence-electron chi connectivity index (χ1n) is 7.12. The maximum absolute atomic E-state index is 9.13. The lowest BCUT2D eigenvalue weighted by atomic mass is 10.1. The molecule has 21 heavy (non-hydrogen) atoms. The Kier molecular flexibility index (Phi) is 4.76. The van der Waals surface area contributed by atoms with E-state index in [9.17, 15) is 0 Å². The van der Waals surface area contributed by atoms with Crippen molar-refractivity contribution in [2.75, 3.05) is 6.61 Å². The highest BCUT2D eigenvalue weighted by atomic mass is 35.5. The van der Waals surface area contributed by atoms with Crippen LogP contribution in [-0.4, -0.2) is 17.8 Å². The highest BCUT2D eigenvalue weighted by molar-refractivity contribution is 7.15. The lowest BCUT2D eigenvalue weighted by Gasteiger charge is -2.11. The third-order valence-electron chi connectivity index (χ3n) is 3.75. The second kappa shape index (κ2) is 6.75. The lowest BCUT2D eigenvalue weighted by molar-refractivity contribution is 0.246. The average molecular weight is 320 g/mol. The van der Waals surface area contributed by atoms with Crippen molar-refractivity contribution in [3.63, 3.8) is 0 Å². The summed E-state index contributed by atoms with van der Waals surface area (Å²) in [6, 6.07) is 12.6. The van der Waals surface area contributed by atoms with E-state index < -0.39 is 0 Å². The summed E-state index contributed by atoms with van der Waals surface area (Å²) in [6.45, 7) is 1.09. The monoisotopic (exact) mass is 319 g/mol. The zero-order chi connectivity index (χ0) is 14.7. The molecule has 4 heteroatoms. The molecule has 0 saturated heterocycles. The van der Waals surface area contributed by atoms with Crippen molar-refractivity contribution in [3.8, 4) is 10.4 Å². The van der Waals surface area contributed by atoms with Gasteiger partial charge in [0.1, 0.15) is 0 Å². The van der Waals surface area contributed by atoms with Crippen molar-refractivity contribution in [1.29, 1.82) is 0 Å². The van der Waals surface area contributed by atoms with Crippen LogP contribution in [0.4, 0.5) is 0 Å². The van der Waals surface area contributed by atoms with Crippen molar-refractivity contribution in [3.05, 3.63) is 58.5 Å². The minimum absolute atomic E-state index is 0.240. The molecule has 110 valence electrons. The lowest BCUT2D eigenvalue weighted by Crippen LogP contribution is -2.25. The van der Waals surface area contributed by atoms with Gasteiger partial charge in [0.05, 0.1) is 0 Å². The molecule has 0 amide bonds. The van der Waals surface area contributed by atoms with E-state index in [4.69, 9.17) is 16.7 Å². The highest BCUT2D eigenvalue weighted by Gasteiger charge is 2.17. The van der Waals surface area contributed by atoms with Gasteiger partial charge < -0.3 is 10.4 Å². The predicted molar refractivity (Wildman–Crippen MR) is 89.7 cm³/mol. The highest BCUT2D eigenvalue weighted by Crippen LogP contribution is 2.33. The number of hydrogen-bond donors (Lipinski definition) is 2. The summed E-state index contributed by atoms with van der Waals surface area (Å²) in [4.78, 5) is 2.50. The van der Waals surface area contributed by atoms with Crippen LogP contribution in [0.3, 0.4) is 0 Å². The van der Waals surface area contributed by atoms with Crippen LogP contribution in [0.15, 0.2) is 48.6 Å². The van der Waals surface area contributed by atoms with Gasteiger partial charge in [0.25, 0.3) is 0 Å². The van der Waals surface area contributed by atoms with E-state index in [0.717, 1.165) is 23.6 Å². The average Bonchev–Trinajstić information content (AvgIpc) is 3.14. The number of thiophene rings is 1. The topological polar surface area (TPSA) is 32.3 Å². The van der Waals surface area contributed by atoms with Crippen molar-refractivity contribution in [1.82, 2.24) is 5.32 Å². The summed E-state index contributed by atoms with van der Waals surface area (Å²) < 4.78 is 0. The number of nitrogens with one attached hydrogen (secondary N) is 1. The molecule has 0 bridgehead atoms. The minimum Gasteiger partial charge on any atom is -0.396 e. The Morgan fingerprint density at radius 1 is 1.19 bits per heavy atom. The number of hydrogen-bond acceptors (Lipinski definition) is 3. The molecule has 0 fully saturated rings. The minimum atomic E-state index is 0.240. The van der Waals surface area contributed by atoms with E-state index in [1.807, 2.05) is 18.2 Å². The van der Waals surface area contributed by atoms with Crippen molar-refractivity contribution in [2.24, 2.45) is 5.92 Å². The fourth-order valence-corrected chi connectivity index (χ4v) is 3.86. The molecule has 1 aromatic carbocycles. The molecule has 1 heterocycles. The Balaban J connectivity index is 1.61. The number of benzene rings is 1. The van der Waals surface area contributed by atoms with Crippen LogP contribution >= 0.6 is 22.9 Å². The van der Waals surface area contributed by atoms with Crippen LogP contribution in [0.2, 0.25) is 5.02 Å². The standard InChI is InChI=1S/C17H18ClNOS/c18-16-4-2-1-3-15(16)17-8-7-14(21-17)10-19-13-6-5-12(9-13)11-20/h1-8,12-13,19-20H,9-11H2/t12-,13+/m0/s1. The van der Waals surface area contributed by atoms with Gasteiger partial charge in [0.2, 0.25) is 0 Å². The van der Waals surface area contributed by atoms with E-state index in [1.54, 1.807) is 11.3 Å². The van der Waals surface area contributed by atoms with E-state index in [1.165, 1.54) is 9.75 Å². The van der Waals surface area contributed by atoms with E-state index in [-0.39, 0.29) is 6.61 Å². The van der Waals surface area contributed by atoms with Crippen molar-refractivity contribution < 1.29 is 5.11 Å². The molecule has 0 unspecified atom stereocenters. The molecule has 0 aliphatic heterocycles. The largest absolute Gasteiger partial charge is 0.396 e. The predicted octanol–water partition coefficient (Wildman–Crippen LogP) is 4.10. The third-order valence-corrected chi connectivity index (χ3v) is 5.19. The van der Waals surface area contributed by atoms with Gasteiger partial charge in [-0.05, 0) is 24.6 Å². The third kappa shape index (κ3) is 3.55. The molecule has 1 aliphatic rings. The maximum Gasteiger partial charge on any atom is 0.0494 e. The first-order valence-corrected chi connectivity index (χ1v) is 8.32. The van der Waals surface area contributed by atoms with Crippen LogP contribution in [0.1, 0.15) is 11.3 Å². The Hall–Kier alpha value is -1.13. The first kappa shape index (κ1) is 14.8. The SMILES string of the molecule is OC[C@H]1C=C[C@@H](NCc2ccc(-c3ccccc3Cl)s2)C1. The summed E-state index contributed by atoms with van der Waals surface area (Å²) >= 11 is 8.01. The Labute approximate surface area is 134 Å². The molecule has 0 spiro atoms. The molecule has 2 N–H and O–H groups in total. The number of rotatable bonds is 5. The molecule has 1 aromatic heterocycles. The molecular weight excluding hydrogens is 302 g/mol. The molecule has 2 nitrogen and oxygen atoms in total. The van der Waals surface area contributed by atoms with Gasteiger partial charge in [-0.15, -0.1) is 11.3 Å². The summed E-state index contributed by atoms with van der Waals surface area (Å²) in [6.07, 6.45) is 5.24. The summed E-state index contributed by atoms with van der Waals surface area (Å²) in [5, 5.41) is 13.5. The van der Waals surface area contributed by atoms with E-state index in [0.29, 0.717) is 12.0 Å². The van der Waals surface area contributed by atoms with Gasteiger partial charge in [-0.1, -0.05) is 42.0 Å². The molecule has 0 radical (unpaired) electrons. The second-order valence-corrected chi connectivity index (χ2v) is 6.87. The van der Waals surface area contributed by atoms with Gasteiger partial charge in [-0.2, -0.15) is 0 Å². The van der Waals surface area contributed by atoms with Crippen LogP contribution in [0.25, 0.3) is 10.4 Å². The van der Waals surface area contributed by atoms with Gasteiger partial charge in [0.15, 0.2) is 0 Å². The summed E-state index contributed by atoms with van der Waals surface area (Å²) in [5.41, 5.74) is 1.09. The van der Waals surface area contributed by atoms with Crippen LogP contribution < -0.4 is 5.32 Å². The van der Waals surface area contributed by atoms with Crippen LogP contribution in [0.5, 0.6) is 0 Å². The van der Waals surface area contributed by atoms with Crippen LogP contribution in [-0.2, 0) is 6.54 Å². The van der Waals surface area contributed by atoms with Gasteiger partial charge in [-0.25, -0.2) is 0 Å². The zero-order valence-electron chi connectivity index (χ0n) is 11.6.